The van der Waals surface area contributed by atoms with Crippen molar-refractivity contribution in [3.8, 4) is 17.0 Å². The maximum Gasteiger partial charge on any atom is 0.422 e. The van der Waals surface area contributed by atoms with Crippen molar-refractivity contribution in [3.63, 3.8) is 0 Å². The molecule has 1 aromatic heterocycles. The number of aromatic nitrogens is 2. The van der Waals surface area contributed by atoms with Gasteiger partial charge in [0.15, 0.2) is 0 Å². The van der Waals surface area contributed by atoms with Crippen LogP contribution >= 0.6 is 15.9 Å². The van der Waals surface area contributed by atoms with Crippen molar-refractivity contribution in [2.24, 2.45) is 0 Å². The summed E-state index contributed by atoms with van der Waals surface area (Å²) >= 11 is 3.51. The van der Waals surface area contributed by atoms with Crippen molar-refractivity contribution in [1.29, 1.82) is 0 Å². The van der Waals surface area contributed by atoms with Gasteiger partial charge in [0, 0.05) is 37.8 Å². The van der Waals surface area contributed by atoms with E-state index in [1.54, 1.807) is 7.11 Å². The zero-order valence-corrected chi connectivity index (χ0v) is 18.2. The first-order chi connectivity index (χ1) is 13.3. The summed E-state index contributed by atoms with van der Waals surface area (Å²) < 4.78 is 11.7. The van der Waals surface area contributed by atoms with Gasteiger partial charge in [-0.05, 0) is 48.8 Å². The van der Waals surface area contributed by atoms with Gasteiger partial charge in [0.2, 0.25) is 0 Å². The van der Waals surface area contributed by atoms with E-state index >= 15 is 0 Å². The van der Waals surface area contributed by atoms with Gasteiger partial charge in [-0.25, -0.2) is 9.80 Å². The molecule has 0 spiro atoms. The number of hydrazine groups is 1. The molecule has 2 aromatic rings. The van der Waals surface area contributed by atoms with Crippen LogP contribution in [0.2, 0.25) is 0 Å². The topological polar surface area (TPSA) is 82.7 Å². The maximum absolute atomic E-state index is 11.9. The molecular weight excluding hydrogens is 426 g/mol. The van der Waals surface area contributed by atoms with E-state index in [1.165, 1.54) is 0 Å². The lowest BCUT2D eigenvalue weighted by molar-refractivity contribution is 0.0320. The van der Waals surface area contributed by atoms with E-state index in [9.17, 15) is 4.79 Å². The lowest BCUT2D eigenvalue weighted by atomic mass is 10.1. The summed E-state index contributed by atoms with van der Waals surface area (Å²) in [5, 5.41) is 9.43. The van der Waals surface area contributed by atoms with E-state index in [-0.39, 0.29) is 0 Å². The average molecular weight is 452 g/mol. The fourth-order valence-electron chi connectivity index (χ4n) is 3.02. The molecule has 1 saturated heterocycles. The van der Waals surface area contributed by atoms with Crippen molar-refractivity contribution in [1.82, 2.24) is 20.6 Å². The van der Waals surface area contributed by atoms with E-state index in [4.69, 9.17) is 9.47 Å². The molecular formula is C19H26BrN5O3. The predicted molar refractivity (Wildman–Crippen MR) is 111 cm³/mol. The van der Waals surface area contributed by atoms with Gasteiger partial charge in [0.05, 0.1) is 17.3 Å². The zero-order chi connectivity index (χ0) is 20.3. The minimum atomic E-state index is -0.508. The molecule has 1 amide bonds. The minimum Gasteiger partial charge on any atom is -0.495 e. The molecule has 0 saturated carbocycles. The number of carbonyl (C=O) groups excluding carboxylic acids is 1. The Kier molecular flexibility index (Phi) is 6.14. The number of ether oxygens (including phenoxy) is 2. The Morgan fingerprint density at radius 3 is 2.61 bits per heavy atom. The fourth-order valence-corrected chi connectivity index (χ4v) is 3.55. The number of hydrogen-bond donors (Lipinski definition) is 2. The van der Waals surface area contributed by atoms with E-state index in [0.29, 0.717) is 13.1 Å². The molecule has 1 aromatic carbocycles. The van der Waals surface area contributed by atoms with Gasteiger partial charge in [0.25, 0.3) is 0 Å². The third-order valence-corrected chi connectivity index (χ3v) is 4.90. The normalized spacial score (nSPS) is 15.4. The first-order valence-electron chi connectivity index (χ1n) is 9.14. The Labute approximate surface area is 173 Å². The van der Waals surface area contributed by atoms with Crippen LogP contribution in [0.4, 0.5) is 10.6 Å². The van der Waals surface area contributed by atoms with Gasteiger partial charge in [-0.15, -0.1) is 0 Å². The van der Waals surface area contributed by atoms with Gasteiger partial charge in [0.1, 0.15) is 17.2 Å². The molecule has 28 heavy (non-hydrogen) atoms. The number of carbonyl (C=O) groups is 1. The summed E-state index contributed by atoms with van der Waals surface area (Å²) in [6, 6.07) is 7.89. The molecule has 0 radical (unpaired) electrons. The summed E-state index contributed by atoms with van der Waals surface area (Å²) in [6.45, 7) is 8.43. The number of rotatable bonds is 4. The molecule has 0 bridgehead atoms. The lowest BCUT2D eigenvalue weighted by Crippen LogP contribution is -2.54. The third-order valence-electron chi connectivity index (χ3n) is 4.28. The number of hydrogen-bond acceptors (Lipinski definition) is 6. The highest BCUT2D eigenvalue weighted by Crippen LogP contribution is 2.36. The standard InChI is InChI=1S/C19H26BrN5O3/c1-19(2,3)28-18(26)23-25-10-8-24(9-11-25)16-12-15(21-22-16)13-6-5-7-14(20)17(13)27-4/h5-7,12H,8-11H2,1-4H3,(H,21,22)(H,23,26). The summed E-state index contributed by atoms with van der Waals surface area (Å²) in [5.74, 6) is 1.70. The molecule has 2 heterocycles. The first-order valence-corrected chi connectivity index (χ1v) is 9.94. The molecule has 1 fully saturated rings. The third kappa shape index (κ3) is 4.96. The van der Waals surface area contributed by atoms with Crippen LogP contribution in [-0.2, 0) is 4.74 Å². The van der Waals surface area contributed by atoms with E-state index < -0.39 is 11.7 Å². The number of H-pyrrole nitrogens is 1. The molecule has 0 unspecified atom stereocenters. The highest BCUT2D eigenvalue weighted by atomic mass is 79.9. The number of nitrogens with one attached hydrogen (secondary N) is 2. The molecule has 0 aliphatic carbocycles. The summed E-state index contributed by atoms with van der Waals surface area (Å²) in [7, 11) is 1.65. The molecule has 1 aliphatic rings. The van der Waals surface area contributed by atoms with Crippen molar-refractivity contribution in [3.05, 3.63) is 28.7 Å². The van der Waals surface area contributed by atoms with Crippen molar-refractivity contribution < 1.29 is 14.3 Å². The van der Waals surface area contributed by atoms with Gasteiger partial charge < -0.3 is 14.4 Å². The van der Waals surface area contributed by atoms with E-state index in [2.05, 4.69) is 36.5 Å². The Hall–Kier alpha value is -2.26. The minimum absolute atomic E-state index is 0.425. The predicted octanol–water partition coefficient (Wildman–Crippen LogP) is 3.41. The van der Waals surface area contributed by atoms with E-state index in [0.717, 1.165) is 40.4 Å². The quantitative estimate of drug-likeness (QED) is 0.740. The number of para-hydroxylation sites is 1. The SMILES string of the molecule is COc1c(Br)cccc1-c1cc(N2CCN(NC(=O)OC(C)(C)C)CC2)[nH]n1. The lowest BCUT2D eigenvalue weighted by Gasteiger charge is -2.35. The summed E-state index contributed by atoms with van der Waals surface area (Å²) in [5.41, 5.74) is 4.03. The molecule has 3 rings (SSSR count). The van der Waals surface area contributed by atoms with Crippen molar-refractivity contribution >= 4 is 27.8 Å². The van der Waals surface area contributed by atoms with Gasteiger partial charge >= 0.3 is 6.09 Å². The second-order valence-corrected chi connectivity index (χ2v) is 8.40. The second-order valence-electron chi connectivity index (χ2n) is 7.55. The summed E-state index contributed by atoms with van der Waals surface area (Å²) in [4.78, 5) is 14.1. The molecule has 2 N–H and O–H groups in total. The highest BCUT2D eigenvalue weighted by Gasteiger charge is 2.23. The van der Waals surface area contributed by atoms with Crippen LogP contribution in [0.5, 0.6) is 5.75 Å². The van der Waals surface area contributed by atoms with Crippen LogP contribution in [-0.4, -0.2) is 60.2 Å². The number of aromatic amines is 1. The monoisotopic (exact) mass is 451 g/mol. The maximum atomic E-state index is 11.9. The van der Waals surface area contributed by atoms with Gasteiger partial charge in [-0.2, -0.15) is 5.10 Å². The number of amides is 1. The van der Waals surface area contributed by atoms with Crippen LogP contribution in [0.25, 0.3) is 11.3 Å². The number of halogens is 1. The molecule has 8 nitrogen and oxygen atoms in total. The van der Waals surface area contributed by atoms with Crippen molar-refractivity contribution in [2.75, 3.05) is 38.2 Å². The fraction of sp³-hybridized carbons (Fsp3) is 0.474. The van der Waals surface area contributed by atoms with Crippen LogP contribution in [0.15, 0.2) is 28.7 Å². The van der Waals surface area contributed by atoms with Crippen LogP contribution in [0.1, 0.15) is 20.8 Å². The molecule has 0 atom stereocenters. The van der Waals surface area contributed by atoms with Crippen molar-refractivity contribution in [2.45, 2.75) is 26.4 Å². The number of benzene rings is 1. The Bertz CT molecular complexity index is 825. The average Bonchev–Trinajstić information content (AvgIpc) is 3.10. The Balaban J connectivity index is 1.61. The Morgan fingerprint density at radius 2 is 1.96 bits per heavy atom. The Morgan fingerprint density at radius 1 is 1.25 bits per heavy atom. The van der Waals surface area contributed by atoms with Gasteiger partial charge in [-0.3, -0.25) is 10.5 Å². The van der Waals surface area contributed by atoms with E-state index in [1.807, 2.05) is 50.0 Å². The zero-order valence-electron chi connectivity index (χ0n) is 16.6. The number of piperazine rings is 1. The molecule has 9 heteroatoms. The first kappa shape index (κ1) is 20.5. The number of nitrogens with zero attached hydrogens (tertiary/aromatic N) is 3. The van der Waals surface area contributed by atoms with Crippen LogP contribution in [0, 0.1) is 0 Å². The molecule has 1 aliphatic heterocycles. The molecule has 152 valence electrons. The van der Waals surface area contributed by atoms with Crippen LogP contribution < -0.4 is 15.1 Å². The largest absolute Gasteiger partial charge is 0.495 e. The summed E-state index contributed by atoms with van der Waals surface area (Å²) in [6.07, 6.45) is -0.425. The van der Waals surface area contributed by atoms with Gasteiger partial charge in [-0.1, -0.05) is 6.07 Å². The highest BCUT2D eigenvalue weighted by molar-refractivity contribution is 9.10. The second kappa shape index (κ2) is 8.40. The smallest absolute Gasteiger partial charge is 0.422 e. The number of methoxy groups -OCH3 is 1. The number of anilines is 1. The van der Waals surface area contributed by atoms with Crippen LogP contribution in [0.3, 0.4) is 0 Å².